The van der Waals surface area contributed by atoms with Crippen LogP contribution in [0, 0.1) is 0 Å². The van der Waals surface area contributed by atoms with E-state index < -0.39 is 0 Å². The smallest absolute Gasteiger partial charge is 0.263 e. The van der Waals surface area contributed by atoms with Gasteiger partial charge in [0.05, 0.1) is 10.6 Å². The summed E-state index contributed by atoms with van der Waals surface area (Å²) in [6, 6.07) is 9.89. The Balaban J connectivity index is 1.75. The summed E-state index contributed by atoms with van der Waals surface area (Å²) >= 11 is 2.87. The number of aromatic nitrogens is 2. The zero-order valence-corrected chi connectivity index (χ0v) is 16.0. The highest BCUT2D eigenvalue weighted by molar-refractivity contribution is 8.00. The van der Waals surface area contributed by atoms with Crippen LogP contribution in [0.3, 0.4) is 0 Å². The van der Waals surface area contributed by atoms with E-state index in [2.05, 4.69) is 5.32 Å². The second-order valence-electron chi connectivity index (χ2n) is 6.35. The van der Waals surface area contributed by atoms with E-state index in [9.17, 15) is 9.59 Å². The second kappa shape index (κ2) is 7.25. The fraction of sp³-hybridized carbons (Fsp3) is 0.316. The van der Waals surface area contributed by atoms with E-state index in [0.29, 0.717) is 10.5 Å². The Morgan fingerprint density at radius 3 is 2.85 bits per heavy atom. The SMILES string of the molecule is Cn1c(S[C@@H]2CCCCNC2=O)nc2scc(-c3ccccc3)c2c1=O. The summed E-state index contributed by atoms with van der Waals surface area (Å²) < 4.78 is 1.57. The van der Waals surface area contributed by atoms with E-state index in [-0.39, 0.29) is 16.7 Å². The van der Waals surface area contributed by atoms with Crippen molar-refractivity contribution < 1.29 is 4.79 Å². The van der Waals surface area contributed by atoms with Gasteiger partial charge in [0.1, 0.15) is 4.83 Å². The molecule has 0 unspecified atom stereocenters. The van der Waals surface area contributed by atoms with Gasteiger partial charge in [0.2, 0.25) is 5.91 Å². The summed E-state index contributed by atoms with van der Waals surface area (Å²) in [4.78, 5) is 30.7. The largest absolute Gasteiger partial charge is 0.355 e. The highest BCUT2D eigenvalue weighted by atomic mass is 32.2. The molecule has 0 saturated carbocycles. The van der Waals surface area contributed by atoms with Crippen LogP contribution in [-0.4, -0.2) is 27.3 Å². The standard InChI is InChI=1S/C19H19N3O2S2/c1-22-18(24)15-13(12-7-3-2-4-8-12)11-25-17(15)21-19(22)26-14-9-5-6-10-20-16(14)23/h2-4,7-8,11,14H,5-6,9-10H2,1H3,(H,20,23)/t14-/m1/s1. The number of benzene rings is 1. The molecule has 3 heterocycles. The van der Waals surface area contributed by atoms with Gasteiger partial charge in [-0.3, -0.25) is 14.2 Å². The molecule has 1 atom stereocenters. The molecule has 1 aromatic carbocycles. The average Bonchev–Trinajstić information content (AvgIpc) is 2.98. The normalized spacial score (nSPS) is 17.9. The molecule has 0 radical (unpaired) electrons. The molecule has 1 saturated heterocycles. The molecule has 26 heavy (non-hydrogen) atoms. The first-order valence-electron chi connectivity index (χ1n) is 8.63. The molecule has 1 N–H and O–H groups in total. The van der Waals surface area contributed by atoms with Gasteiger partial charge < -0.3 is 5.32 Å². The van der Waals surface area contributed by atoms with Gasteiger partial charge in [-0.1, -0.05) is 48.5 Å². The summed E-state index contributed by atoms with van der Waals surface area (Å²) in [7, 11) is 1.73. The lowest BCUT2D eigenvalue weighted by Gasteiger charge is -2.14. The number of carbonyl (C=O) groups is 1. The number of fused-ring (bicyclic) bond motifs is 1. The van der Waals surface area contributed by atoms with Crippen LogP contribution in [0.15, 0.2) is 45.7 Å². The lowest BCUT2D eigenvalue weighted by Crippen LogP contribution is -2.31. The number of amides is 1. The van der Waals surface area contributed by atoms with E-state index in [1.54, 1.807) is 11.6 Å². The van der Waals surface area contributed by atoms with Crippen molar-refractivity contribution in [3.63, 3.8) is 0 Å². The third-order valence-electron chi connectivity index (χ3n) is 4.59. The summed E-state index contributed by atoms with van der Waals surface area (Å²) in [6.45, 7) is 0.729. The third kappa shape index (κ3) is 3.17. The predicted molar refractivity (Wildman–Crippen MR) is 107 cm³/mol. The van der Waals surface area contributed by atoms with Crippen LogP contribution < -0.4 is 10.9 Å². The Morgan fingerprint density at radius 2 is 2.04 bits per heavy atom. The quantitative estimate of drug-likeness (QED) is 0.702. The van der Waals surface area contributed by atoms with Gasteiger partial charge >= 0.3 is 0 Å². The second-order valence-corrected chi connectivity index (χ2v) is 8.38. The molecule has 1 amide bonds. The van der Waals surface area contributed by atoms with Gasteiger partial charge in [-0.05, 0) is 18.4 Å². The molecule has 1 aliphatic rings. The van der Waals surface area contributed by atoms with Crippen LogP contribution in [0.5, 0.6) is 0 Å². The molecule has 5 nitrogen and oxygen atoms in total. The van der Waals surface area contributed by atoms with Crippen molar-refractivity contribution in [2.75, 3.05) is 6.54 Å². The number of nitrogens with zero attached hydrogens (tertiary/aromatic N) is 2. The molecular formula is C19H19N3O2S2. The van der Waals surface area contributed by atoms with Gasteiger partial charge in [0.25, 0.3) is 5.56 Å². The first-order valence-corrected chi connectivity index (χ1v) is 10.4. The first-order chi connectivity index (χ1) is 12.6. The summed E-state index contributed by atoms with van der Waals surface area (Å²) in [5.41, 5.74) is 1.87. The number of rotatable bonds is 3. The van der Waals surface area contributed by atoms with Gasteiger partial charge in [-0.2, -0.15) is 0 Å². The Labute approximate surface area is 159 Å². The average molecular weight is 386 g/mol. The molecule has 0 spiro atoms. The van der Waals surface area contributed by atoms with Crippen LogP contribution in [-0.2, 0) is 11.8 Å². The van der Waals surface area contributed by atoms with E-state index in [1.807, 2.05) is 35.7 Å². The van der Waals surface area contributed by atoms with Crippen molar-refractivity contribution in [1.29, 1.82) is 0 Å². The molecule has 1 fully saturated rings. The topological polar surface area (TPSA) is 64.0 Å². The Kier molecular flexibility index (Phi) is 4.82. The zero-order chi connectivity index (χ0) is 18.1. The van der Waals surface area contributed by atoms with Gasteiger partial charge in [-0.15, -0.1) is 11.3 Å². The minimum atomic E-state index is -0.193. The lowest BCUT2D eigenvalue weighted by atomic mass is 10.1. The monoisotopic (exact) mass is 385 g/mol. The Hall–Kier alpha value is -2.12. The third-order valence-corrected chi connectivity index (χ3v) is 6.77. The van der Waals surface area contributed by atoms with E-state index in [4.69, 9.17) is 4.98 Å². The molecule has 4 rings (SSSR count). The van der Waals surface area contributed by atoms with Crippen molar-refractivity contribution in [1.82, 2.24) is 14.9 Å². The van der Waals surface area contributed by atoms with Gasteiger partial charge in [0, 0.05) is 24.5 Å². The number of thiophene rings is 1. The number of carbonyl (C=O) groups excluding carboxylic acids is 1. The van der Waals surface area contributed by atoms with Crippen molar-refractivity contribution in [3.05, 3.63) is 46.1 Å². The van der Waals surface area contributed by atoms with E-state index in [1.165, 1.54) is 23.1 Å². The minimum Gasteiger partial charge on any atom is -0.355 e. The van der Waals surface area contributed by atoms with Crippen LogP contribution in [0.25, 0.3) is 21.3 Å². The van der Waals surface area contributed by atoms with Crippen LogP contribution in [0.4, 0.5) is 0 Å². The zero-order valence-electron chi connectivity index (χ0n) is 14.4. The van der Waals surface area contributed by atoms with Crippen LogP contribution in [0.1, 0.15) is 19.3 Å². The van der Waals surface area contributed by atoms with Crippen LogP contribution >= 0.6 is 23.1 Å². The summed E-state index contributed by atoms with van der Waals surface area (Å²) in [5.74, 6) is 0.0398. The van der Waals surface area contributed by atoms with Crippen molar-refractivity contribution >= 4 is 39.2 Å². The van der Waals surface area contributed by atoms with Crippen molar-refractivity contribution in [2.45, 2.75) is 29.7 Å². The molecule has 7 heteroatoms. The van der Waals surface area contributed by atoms with Crippen molar-refractivity contribution in [3.8, 4) is 11.1 Å². The highest BCUT2D eigenvalue weighted by Gasteiger charge is 2.24. The van der Waals surface area contributed by atoms with E-state index in [0.717, 1.165) is 41.8 Å². The Morgan fingerprint density at radius 1 is 1.23 bits per heavy atom. The maximum absolute atomic E-state index is 13.0. The summed E-state index contributed by atoms with van der Waals surface area (Å²) in [5, 5.41) is 5.99. The number of nitrogens with one attached hydrogen (secondary N) is 1. The minimum absolute atomic E-state index is 0.0398. The van der Waals surface area contributed by atoms with Crippen LogP contribution in [0.2, 0.25) is 0 Å². The molecule has 0 bridgehead atoms. The predicted octanol–water partition coefficient (Wildman–Crippen LogP) is 3.42. The molecule has 134 valence electrons. The molecule has 1 aliphatic heterocycles. The molecular weight excluding hydrogens is 366 g/mol. The molecule has 3 aromatic rings. The number of hydrogen-bond donors (Lipinski definition) is 1. The van der Waals surface area contributed by atoms with Gasteiger partial charge in [-0.25, -0.2) is 4.98 Å². The number of thioether (sulfide) groups is 1. The fourth-order valence-electron chi connectivity index (χ4n) is 3.14. The van der Waals surface area contributed by atoms with E-state index >= 15 is 0 Å². The number of hydrogen-bond acceptors (Lipinski definition) is 5. The maximum Gasteiger partial charge on any atom is 0.263 e. The summed E-state index contributed by atoms with van der Waals surface area (Å²) in [6.07, 6.45) is 2.81. The van der Waals surface area contributed by atoms with Crippen molar-refractivity contribution in [2.24, 2.45) is 7.05 Å². The molecule has 2 aromatic heterocycles. The highest BCUT2D eigenvalue weighted by Crippen LogP contribution is 2.33. The Bertz CT molecular complexity index is 1010. The van der Waals surface area contributed by atoms with Gasteiger partial charge in [0.15, 0.2) is 5.16 Å². The fourth-order valence-corrected chi connectivity index (χ4v) is 5.25. The maximum atomic E-state index is 13.0. The molecule has 0 aliphatic carbocycles. The first kappa shape index (κ1) is 17.3. The lowest BCUT2D eigenvalue weighted by molar-refractivity contribution is -0.120.